The normalized spacial score (nSPS) is 11.2. The third kappa shape index (κ3) is 4.90. The lowest BCUT2D eigenvalue weighted by molar-refractivity contribution is 0.111. The zero-order chi connectivity index (χ0) is 11.1. The van der Waals surface area contributed by atoms with Gasteiger partial charge in [0.05, 0.1) is 13.2 Å². The summed E-state index contributed by atoms with van der Waals surface area (Å²) in [6.45, 7) is 7.45. The molecule has 1 aromatic heterocycles. The Morgan fingerprint density at radius 1 is 1.53 bits per heavy atom. The van der Waals surface area contributed by atoms with Crippen LogP contribution in [0.1, 0.15) is 19.7 Å². The molecular weight excluding hydrogens is 192 g/mol. The summed E-state index contributed by atoms with van der Waals surface area (Å²) >= 11 is 0. The van der Waals surface area contributed by atoms with Crippen LogP contribution in [-0.4, -0.2) is 34.5 Å². The van der Waals surface area contributed by atoms with Crippen LogP contribution >= 0.6 is 0 Å². The Balaban J connectivity index is 2.00. The fourth-order valence-corrected chi connectivity index (χ4v) is 1.14. The van der Waals surface area contributed by atoms with Crippen molar-refractivity contribution in [2.24, 2.45) is 13.0 Å². The predicted octanol–water partition coefficient (Wildman–Crippen LogP) is 0.577. The maximum atomic E-state index is 5.44. The standard InChI is InChI=1S/C10H20N4O/c1-9(2)7-15-5-4-11-6-10-12-8-13-14(10)3/h8-9,11H,4-7H2,1-3H3. The van der Waals surface area contributed by atoms with Gasteiger partial charge in [0.1, 0.15) is 12.2 Å². The van der Waals surface area contributed by atoms with E-state index in [1.54, 1.807) is 11.0 Å². The summed E-state index contributed by atoms with van der Waals surface area (Å²) in [7, 11) is 1.89. The van der Waals surface area contributed by atoms with Crippen molar-refractivity contribution >= 4 is 0 Å². The van der Waals surface area contributed by atoms with E-state index in [0.717, 1.165) is 32.1 Å². The fourth-order valence-electron chi connectivity index (χ4n) is 1.14. The van der Waals surface area contributed by atoms with Crippen molar-refractivity contribution in [3.8, 4) is 0 Å². The van der Waals surface area contributed by atoms with E-state index in [4.69, 9.17) is 4.74 Å². The van der Waals surface area contributed by atoms with E-state index in [-0.39, 0.29) is 0 Å². The molecule has 0 aliphatic heterocycles. The van der Waals surface area contributed by atoms with Gasteiger partial charge in [-0.25, -0.2) is 4.98 Å². The summed E-state index contributed by atoms with van der Waals surface area (Å²) in [6.07, 6.45) is 1.56. The molecule has 1 heterocycles. The molecule has 0 aromatic carbocycles. The maximum Gasteiger partial charge on any atom is 0.140 e. The van der Waals surface area contributed by atoms with E-state index >= 15 is 0 Å². The molecule has 5 nitrogen and oxygen atoms in total. The minimum Gasteiger partial charge on any atom is -0.380 e. The van der Waals surface area contributed by atoms with E-state index in [1.807, 2.05) is 7.05 Å². The molecule has 1 N–H and O–H groups in total. The molecule has 0 fully saturated rings. The van der Waals surface area contributed by atoms with Crippen molar-refractivity contribution in [1.82, 2.24) is 20.1 Å². The minimum absolute atomic E-state index is 0.601. The first kappa shape index (κ1) is 12.1. The summed E-state index contributed by atoms with van der Waals surface area (Å²) in [6, 6.07) is 0. The second kappa shape index (κ2) is 6.53. The van der Waals surface area contributed by atoms with Crippen molar-refractivity contribution in [2.75, 3.05) is 19.8 Å². The highest BCUT2D eigenvalue weighted by atomic mass is 16.5. The van der Waals surface area contributed by atoms with Crippen LogP contribution in [0.4, 0.5) is 0 Å². The largest absolute Gasteiger partial charge is 0.380 e. The second-order valence-electron chi connectivity index (χ2n) is 3.95. The van der Waals surface area contributed by atoms with Gasteiger partial charge in [0.2, 0.25) is 0 Å². The number of hydrogen-bond donors (Lipinski definition) is 1. The smallest absolute Gasteiger partial charge is 0.140 e. The van der Waals surface area contributed by atoms with Gasteiger partial charge in [-0.15, -0.1) is 0 Å². The number of ether oxygens (including phenoxy) is 1. The van der Waals surface area contributed by atoms with E-state index < -0.39 is 0 Å². The molecule has 0 saturated heterocycles. The third-order valence-electron chi connectivity index (χ3n) is 1.96. The van der Waals surface area contributed by atoms with Crippen LogP contribution in [0.3, 0.4) is 0 Å². The number of nitrogens with zero attached hydrogens (tertiary/aromatic N) is 3. The molecule has 0 unspecified atom stereocenters. The molecule has 86 valence electrons. The van der Waals surface area contributed by atoms with E-state index in [9.17, 15) is 0 Å². The number of aryl methyl sites for hydroxylation is 1. The van der Waals surface area contributed by atoms with Crippen LogP contribution in [0.15, 0.2) is 6.33 Å². The van der Waals surface area contributed by atoms with Gasteiger partial charge in [-0.1, -0.05) is 13.8 Å². The molecule has 1 aromatic rings. The molecule has 0 saturated carbocycles. The molecule has 1 rings (SSSR count). The van der Waals surface area contributed by atoms with Gasteiger partial charge in [0, 0.05) is 20.2 Å². The Bertz CT molecular complexity index is 272. The summed E-state index contributed by atoms with van der Waals surface area (Å²) in [4.78, 5) is 4.11. The molecule has 0 amide bonds. The van der Waals surface area contributed by atoms with Crippen molar-refractivity contribution in [3.05, 3.63) is 12.2 Å². The van der Waals surface area contributed by atoms with Crippen LogP contribution < -0.4 is 5.32 Å². The van der Waals surface area contributed by atoms with Gasteiger partial charge in [0.15, 0.2) is 0 Å². The number of rotatable bonds is 7. The predicted molar refractivity (Wildman–Crippen MR) is 58.4 cm³/mol. The van der Waals surface area contributed by atoms with E-state index in [1.165, 1.54) is 0 Å². The summed E-state index contributed by atoms with van der Waals surface area (Å²) < 4.78 is 7.21. The molecule has 0 aliphatic rings. The lowest BCUT2D eigenvalue weighted by Gasteiger charge is -2.07. The summed E-state index contributed by atoms with van der Waals surface area (Å²) in [5.74, 6) is 1.54. The van der Waals surface area contributed by atoms with Gasteiger partial charge in [0.25, 0.3) is 0 Å². The summed E-state index contributed by atoms with van der Waals surface area (Å²) in [5.41, 5.74) is 0. The van der Waals surface area contributed by atoms with Gasteiger partial charge >= 0.3 is 0 Å². The minimum atomic E-state index is 0.601. The topological polar surface area (TPSA) is 52.0 Å². The van der Waals surface area contributed by atoms with Gasteiger partial charge < -0.3 is 10.1 Å². The average Bonchev–Trinajstić information content (AvgIpc) is 2.57. The molecule has 15 heavy (non-hydrogen) atoms. The summed E-state index contributed by atoms with van der Waals surface area (Å²) in [5, 5.41) is 7.24. The zero-order valence-electron chi connectivity index (χ0n) is 9.73. The monoisotopic (exact) mass is 212 g/mol. The molecule has 0 bridgehead atoms. The van der Waals surface area contributed by atoms with Crippen molar-refractivity contribution in [2.45, 2.75) is 20.4 Å². The Morgan fingerprint density at radius 2 is 2.33 bits per heavy atom. The van der Waals surface area contributed by atoms with Gasteiger partial charge in [-0.2, -0.15) is 5.10 Å². The zero-order valence-corrected chi connectivity index (χ0v) is 9.73. The third-order valence-corrected chi connectivity index (χ3v) is 1.96. The number of nitrogens with one attached hydrogen (secondary N) is 1. The Labute approximate surface area is 90.8 Å². The van der Waals surface area contributed by atoms with Crippen molar-refractivity contribution in [3.63, 3.8) is 0 Å². The average molecular weight is 212 g/mol. The van der Waals surface area contributed by atoms with Crippen LogP contribution in [-0.2, 0) is 18.3 Å². The molecule has 0 radical (unpaired) electrons. The first-order valence-corrected chi connectivity index (χ1v) is 5.31. The van der Waals surface area contributed by atoms with Crippen molar-refractivity contribution in [1.29, 1.82) is 0 Å². The van der Waals surface area contributed by atoms with Crippen LogP contribution in [0.25, 0.3) is 0 Å². The van der Waals surface area contributed by atoms with E-state index in [2.05, 4.69) is 29.2 Å². The lowest BCUT2D eigenvalue weighted by atomic mass is 10.2. The molecular formula is C10H20N4O. The quantitative estimate of drug-likeness (QED) is 0.672. The van der Waals surface area contributed by atoms with Crippen molar-refractivity contribution < 1.29 is 4.74 Å². The lowest BCUT2D eigenvalue weighted by Crippen LogP contribution is -2.22. The Morgan fingerprint density at radius 3 is 2.93 bits per heavy atom. The SMILES string of the molecule is CC(C)COCCNCc1ncnn1C. The second-order valence-corrected chi connectivity index (χ2v) is 3.95. The maximum absolute atomic E-state index is 5.44. The van der Waals surface area contributed by atoms with E-state index in [0.29, 0.717) is 5.92 Å². The molecule has 0 spiro atoms. The van der Waals surface area contributed by atoms with Crippen LogP contribution in [0.5, 0.6) is 0 Å². The first-order chi connectivity index (χ1) is 7.20. The number of hydrogen-bond acceptors (Lipinski definition) is 4. The highest BCUT2D eigenvalue weighted by Gasteiger charge is 1.98. The molecule has 0 atom stereocenters. The first-order valence-electron chi connectivity index (χ1n) is 5.31. The Kier molecular flexibility index (Phi) is 5.28. The Hall–Kier alpha value is -0.940. The fraction of sp³-hybridized carbons (Fsp3) is 0.800. The molecule has 5 heteroatoms. The highest BCUT2D eigenvalue weighted by molar-refractivity contribution is 4.81. The van der Waals surface area contributed by atoms with Crippen LogP contribution in [0, 0.1) is 5.92 Å². The number of aromatic nitrogens is 3. The highest BCUT2D eigenvalue weighted by Crippen LogP contribution is 1.92. The molecule has 0 aliphatic carbocycles. The van der Waals surface area contributed by atoms with Gasteiger partial charge in [-0.05, 0) is 5.92 Å². The van der Waals surface area contributed by atoms with Gasteiger partial charge in [-0.3, -0.25) is 4.68 Å². The van der Waals surface area contributed by atoms with Crippen LogP contribution in [0.2, 0.25) is 0 Å².